The second-order valence-corrected chi connectivity index (χ2v) is 12.9. The van der Waals surface area contributed by atoms with Crippen molar-refractivity contribution in [2.24, 2.45) is 34.5 Å². The average Bonchev–Trinajstić information content (AvgIpc) is 3.03. The van der Waals surface area contributed by atoms with Crippen molar-refractivity contribution in [1.82, 2.24) is 0 Å². The molecule has 0 aliphatic heterocycles. The van der Waals surface area contributed by atoms with Crippen LogP contribution >= 0.6 is 0 Å². The van der Waals surface area contributed by atoms with Gasteiger partial charge in [0.2, 0.25) is 0 Å². The Morgan fingerprint density at radius 3 is 2.58 bits per heavy atom. The fraction of sp³-hybridized carbons (Fsp3) is 0.929. The fourth-order valence-electron chi connectivity index (χ4n) is 8.56. The van der Waals surface area contributed by atoms with Crippen LogP contribution in [-0.4, -0.2) is 35.1 Å². The minimum atomic E-state index is -0.589. The smallest absolute Gasteiger partial charge is 0.0657 e. The van der Waals surface area contributed by atoms with E-state index in [1.807, 2.05) is 13.8 Å². The SMILES string of the molecule is COCCC(C)(O)CCCC1CCC2C3CC=C4C[C@@](C)(O)CCC4(C)C3CCC12C. The Labute approximate surface area is 191 Å². The van der Waals surface area contributed by atoms with Gasteiger partial charge < -0.3 is 14.9 Å². The Bertz CT molecular complexity index is 680. The number of ether oxygens (including phenoxy) is 1. The number of hydrogen-bond donors (Lipinski definition) is 2. The van der Waals surface area contributed by atoms with Crippen LogP contribution in [0.5, 0.6) is 0 Å². The molecule has 0 bridgehead atoms. The summed E-state index contributed by atoms with van der Waals surface area (Å²) in [6, 6.07) is 0. The zero-order valence-corrected chi connectivity index (χ0v) is 20.9. The molecule has 2 N–H and O–H groups in total. The molecule has 3 fully saturated rings. The Kier molecular flexibility index (Phi) is 6.47. The molecular formula is C28H48O3. The highest BCUT2D eigenvalue weighted by Gasteiger charge is 2.58. The van der Waals surface area contributed by atoms with Crippen molar-refractivity contribution in [2.45, 2.75) is 116 Å². The molecule has 0 radical (unpaired) electrons. The van der Waals surface area contributed by atoms with E-state index in [0.29, 0.717) is 17.4 Å². The third-order valence-electron chi connectivity index (χ3n) is 10.7. The highest BCUT2D eigenvalue weighted by atomic mass is 16.5. The Morgan fingerprint density at radius 1 is 1.06 bits per heavy atom. The van der Waals surface area contributed by atoms with Crippen LogP contribution in [0.1, 0.15) is 105 Å². The van der Waals surface area contributed by atoms with E-state index in [2.05, 4.69) is 19.9 Å². The molecule has 3 nitrogen and oxygen atoms in total. The van der Waals surface area contributed by atoms with Gasteiger partial charge in [0.25, 0.3) is 0 Å². The fourth-order valence-corrected chi connectivity index (χ4v) is 8.56. The zero-order chi connectivity index (χ0) is 22.5. The lowest BCUT2D eigenvalue weighted by Gasteiger charge is -2.59. The molecule has 4 aliphatic carbocycles. The van der Waals surface area contributed by atoms with E-state index in [-0.39, 0.29) is 0 Å². The molecule has 3 saturated carbocycles. The topological polar surface area (TPSA) is 49.7 Å². The van der Waals surface area contributed by atoms with Gasteiger partial charge in [0.15, 0.2) is 0 Å². The van der Waals surface area contributed by atoms with Gasteiger partial charge in [-0.1, -0.05) is 31.9 Å². The summed E-state index contributed by atoms with van der Waals surface area (Å²) in [5.41, 5.74) is 1.30. The van der Waals surface area contributed by atoms with Crippen molar-refractivity contribution in [3.8, 4) is 0 Å². The van der Waals surface area contributed by atoms with E-state index < -0.39 is 11.2 Å². The summed E-state index contributed by atoms with van der Waals surface area (Å²) < 4.78 is 5.17. The Hall–Kier alpha value is -0.380. The zero-order valence-electron chi connectivity index (χ0n) is 20.9. The van der Waals surface area contributed by atoms with E-state index in [1.165, 1.54) is 38.5 Å². The van der Waals surface area contributed by atoms with Gasteiger partial charge in [0, 0.05) is 13.7 Å². The summed E-state index contributed by atoms with van der Waals surface area (Å²) in [5, 5.41) is 21.3. The van der Waals surface area contributed by atoms with E-state index in [4.69, 9.17) is 4.74 Å². The van der Waals surface area contributed by atoms with Crippen LogP contribution in [0.25, 0.3) is 0 Å². The predicted octanol–water partition coefficient (Wildman–Crippen LogP) is 6.27. The van der Waals surface area contributed by atoms with E-state index in [0.717, 1.165) is 62.2 Å². The van der Waals surface area contributed by atoms with Crippen LogP contribution in [0.15, 0.2) is 11.6 Å². The third-order valence-corrected chi connectivity index (χ3v) is 10.7. The molecular weight excluding hydrogens is 384 g/mol. The van der Waals surface area contributed by atoms with E-state index in [9.17, 15) is 10.2 Å². The largest absolute Gasteiger partial charge is 0.390 e. The number of allylic oxidation sites excluding steroid dienone is 1. The van der Waals surface area contributed by atoms with Crippen molar-refractivity contribution in [3.05, 3.63) is 11.6 Å². The summed E-state index contributed by atoms with van der Waals surface area (Å²) >= 11 is 0. The standard InChI is InChI=1S/C28H48O3/c1-25(29,17-18-31-5)13-6-7-20-9-11-23-22-10-8-21-19-26(2,30)15-16-28(21,4)24(22)12-14-27(20,23)3/h8,20,22-24,29-30H,6-7,9-19H2,1-5H3/t20?,22?,23?,24?,25?,26-,27?,28?/m0/s1. The quantitative estimate of drug-likeness (QED) is 0.466. The maximum absolute atomic E-state index is 10.7. The second kappa shape index (κ2) is 8.44. The maximum atomic E-state index is 10.7. The predicted molar refractivity (Wildman–Crippen MR) is 127 cm³/mol. The molecule has 0 spiro atoms. The average molecular weight is 433 g/mol. The van der Waals surface area contributed by atoms with Crippen LogP contribution in [0.2, 0.25) is 0 Å². The van der Waals surface area contributed by atoms with Gasteiger partial charge in [-0.3, -0.25) is 0 Å². The Morgan fingerprint density at radius 2 is 1.84 bits per heavy atom. The lowest BCUT2D eigenvalue weighted by molar-refractivity contribution is -0.0666. The third kappa shape index (κ3) is 4.41. The van der Waals surface area contributed by atoms with Crippen LogP contribution in [0.4, 0.5) is 0 Å². The van der Waals surface area contributed by atoms with Crippen molar-refractivity contribution in [3.63, 3.8) is 0 Å². The minimum absolute atomic E-state index is 0.324. The van der Waals surface area contributed by atoms with Crippen LogP contribution in [0.3, 0.4) is 0 Å². The van der Waals surface area contributed by atoms with Crippen LogP contribution < -0.4 is 0 Å². The van der Waals surface area contributed by atoms with Gasteiger partial charge in [-0.2, -0.15) is 0 Å². The van der Waals surface area contributed by atoms with Crippen molar-refractivity contribution in [1.29, 1.82) is 0 Å². The number of fused-ring (bicyclic) bond motifs is 5. The van der Waals surface area contributed by atoms with Gasteiger partial charge in [-0.25, -0.2) is 0 Å². The molecule has 4 aliphatic rings. The molecule has 31 heavy (non-hydrogen) atoms. The number of hydrogen-bond acceptors (Lipinski definition) is 3. The summed E-state index contributed by atoms with van der Waals surface area (Å²) in [5.74, 6) is 3.34. The monoisotopic (exact) mass is 432 g/mol. The molecule has 0 heterocycles. The lowest BCUT2D eigenvalue weighted by atomic mass is 9.46. The number of methoxy groups -OCH3 is 1. The first-order valence-corrected chi connectivity index (χ1v) is 13.1. The number of rotatable bonds is 7. The molecule has 3 heteroatoms. The van der Waals surface area contributed by atoms with Gasteiger partial charge >= 0.3 is 0 Å². The molecule has 0 aromatic carbocycles. The first-order chi connectivity index (χ1) is 14.5. The molecule has 0 amide bonds. The highest BCUT2D eigenvalue weighted by Crippen LogP contribution is 2.67. The molecule has 0 aromatic rings. The van der Waals surface area contributed by atoms with E-state index >= 15 is 0 Å². The molecule has 4 rings (SSSR count). The highest BCUT2D eigenvalue weighted by molar-refractivity contribution is 5.26. The lowest BCUT2D eigenvalue weighted by Crippen LogP contribution is -2.51. The van der Waals surface area contributed by atoms with Crippen molar-refractivity contribution >= 4 is 0 Å². The van der Waals surface area contributed by atoms with Crippen molar-refractivity contribution < 1.29 is 14.9 Å². The molecule has 7 unspecified atom stereocenters. The molecule has 8 atom stereocenters. The molecule has 178 valence electrons. The molecule has 0 aromatic heterocycles. The van der Waals surface area contributed by atoms with Crippen LogP contribution in [-0.2, 0) is 4.74 Å². The summed E-state index contributed by atoms with van der Waals surface area (Å²) in [6.07, 6.45) is 16.4. The van der Waals surface area contributed by atoms with Gasteiger partial charge in [0.1, 0.15) is 0 Å². The minimum Gasteiger partial charge on any atom is -0.390 e. The van der Waals surface area contributed by atoms with Gasteiger partial charge in [-0.05, 0) is 119 Å². The first kappa shape index (κ1) is 23.8. The normalized spacial score (nSPS) is 46.5. The molecule has 0 saturated heterocycles. The Balaban J connectivity index is 1.41. The van der Waals surface area contributed by atoms with Gasteiger partial charge in [0.05, 0.1) is 11.2 Å². The van der Waals surface area contributed by atoms with Crippen molar-refractivity contribution in [2.75, 3.05) is 13.7 Å². The number of aliphatic hydroxyl groups is 2. The summed E-state index contributed by atoms with van der Waals surface area (Å²) in [6.45, 7) is 9.79. The van der Waals surface area contributed by atoms with Crippen LogP contribution in [0, 0.1) is 34.5 Å². The second-order valence-electron chi connectivity index (χ2n) is 12.9. The van der Waals surface area contributed by atoms with E-state index in [1.54, 1.807) is 12.7 Å². The summed E-state index contributed by atoms with van der Waals surface area (Å²) in [4.78, 5) is 0. The first-order valence-electron chi connectivity index (χ1n) is 13.1. The van der Waals surface area contributed by atoms with Gasteiger partial charge in [-0.15, -0.1) is 0 Å². The maximum Gasteiger partial charge on any atom is 0.0657 e. The summed E-state index contributed by atoms with van der Waals surface area (Å²) in [7, 11) is 1.71.